The van der Waals surface area contributed by atoms with Crippen LogP contribution >= 0.6 is 22.9 Å². The molecule has 176 valence electrons. The van der Waals surface area contributed by atoms with Crippen molar-refractivity contribution in [3.05, 3.63) is 95.6 Å². The fourth-order valence-electron chi connectivity index (χ4n) is 3.70. The zero-order chi connectivity index (χ0) is 24.4. The molecule has 0 aliphatic carbocycles. The third-order valence-electron chi connectivity index (χ3n) is 5.12. The largest absolute Gasteiger partial charge is 0.463 e. The Morgan fingerprint density at radius 2 is 1.94 bits per heavy atom. The molecule has 1 aliphatic rings. The van der Waals surface area contributed by atoms with Crippen LogP contribution in [-0.4, -0.2) is 23.8 Å². The maximum Gasteiger partial charge on any atom is 0.387 e. The van der Waals surface area contributed by atoms with Crippen LogP contribution in [0.1, 0.15) is 31.0 Å². The summed E-state index contributed by atoms with van der Waals surface area (Å²) >= 11 is 7.14. The maximum absolute atomic E-state index is 13.5. The van der Waals surface area contributed by atoms with Crippen molar-refractivity contribution < 1.29 is 23.0 Å². The van der Waals surface area contributed by atoms with Gasteiger partial charge in [0.1, 0.15) is 5.75 Å². The summed E-state index contributed by atoms with van der Waals surface area (Å²) in [4.78, 5) is 31.2. The zero-order valence-corrected chi connectivity index (χ0v) is 19.7. The van der Waals surface area contributed by atoms with E-state index in [0.29, 0.717) is 26.6 Å². The first-order chi connectivity index (χ1) is 16.3. The van der Waals surface area contributed by atoms with Gasteiger partial charge in [0.05, 0.1) is 28.5 Å². The molecule has 0 amide bonds. The summed E-state index contributed by atoms with van der Waals surface area (Å²) in [5.41, 5.74) is 1.20. The van der Waals surface area contributed by atoms with E-state index in [1.165, 1.54) is 16.7 Å². The topological polar surface area (TPSA) is 69.9 Å². The summed E-state index contributed by atoms with van der Waals surface area (Å²) in [6, 6.07) is 12.2. The molecule has 2 aromatic carbocycles. The van der Waals surface area contributed by atoms with Crippen molar-refractivity contribution in [3.8, 4) is 5.75 Å². The predicted molar refractivity (Wildman–Crippen MR) is 125 cm³/mol. The quantitative estimate of drug-likeness (QED) is 0.475. The van der Waals surface area contributed by atoms with Gasteiger partial charge in [0, 0.05) is 10.6 Å². The van der Waals surface area contributed by atoms with Crippen LogP contribution in [0.2, 0.25) is 5.02 Å². The minimum atomic E-state index is -3.00. The lowest BCUT2D eigenvalue weighted by Crippen LogP contribution is -2.39. The fourth-order valence-corrected chi connectivity index (χ4v) is 4.86. The molecule has 0 bridgehead atoms. The van der Waals surface area contributed by atoms with E-state index in [-0.39, 0.29) is 22.5 Å². The third kappa shape index (κ3) is 4.67. The van der Waals surface area contributed by atoms with Gasteiger partial charge in [-0.25, -0.2) is 9.79 Å². The molecular formula is C24H19ClF2N2O4S. The van der Waals surface area contributed by atoms with Crippen molar-refractivity contribution in [2.75, 3.05) is 6.61 Å². The Bertz CT molecular complexity index is 1440. The van der Waals surface area contributed by atoms with E-state index in [2.05, 4.69) is 9.73 Å². The summed E-state index contributed by atoms with van der Waals surface area (Å²) in [5.74, 6) is -0.630. The lowest BCUT2D eigenvalue weighted by atomic mass is 9.96. The highest BCUT2D eigenvalue weighted by molar-refractivity contribution is 7.07. The molecule has 10 heteroatoms. The summed E-state index contributed by atoms with van der Waals surface area (Å²) in [5, 5.41) is 0.505. The summed E-state index contributed by atoms with van der Waals surface area (Å²) < 4.78 is 37.1. The van der Waals surface area contributed by atoms with E-state index in [0.717, 1.165) is 11.3 Å². The number of allylic oxidation sites excluding steroid dienone is 1. The molecule has 0 saturated heterocycles. The van der Waals surface area contributed by atoms with Crippen molar-refractivity contribution in [1.82, 2.24) is 4.57 Å². The normalized spacial score (nSPS) is 15.8. The monoisotopic (exact) mass is 504 g/mol. The van der Waals surface area contributed by atoms with Gasteiger partial charge in [-0.3, -0.25) is 9.36 Å². The van der Waals surface area contributed by atoms with Crippen LogP contribution in [0.25, 0.3) is 6.08 Å². The number of hydrogen-bond donors (Lipinski definition) is 0. The molecule has 1 aromatic heterocycles. The smallest absolute Gasteiger partial charge is 0.387 e. The second-order valence-corrected chi connectivity index (χ2v) is 8.72. The Morgan fingerprint density at radius 3 is 2.62 bits per heavy atom. The van der Waals surface area contributed by atoms with Crippen LogP contribution in [0.15, 0.2) is 69.6 Å². The Labute approximate surface area is 202 Å². The van der Waals surface area contributed by atoms with Crippen molar-refractivity contribution in [3.63, 3.8) is 0 Å². The Balaban J connectivity index is 1.93. The van der Waals surface area contributed by atoms with E-state index in [9.17, 15) is 18.4 Å². The van der Waals surface area contributed by atoms with Crippen LogP contribution in [0.4, 0.5) is 8.78 Å². The van der Waals surface area contributed by atoms with Gasteiger partial charge in [-0.05, 0) is 43.7 Å². The van der Waals surface area contributed by atoms with E-state index in [1.807, 2.05) is 0 Å². The number of nitrogens with zero attached hydrogens (tertiary/aromatic N) is 2. The number of esters is 1. The number of aromatic nitrogens is 1. The van der Waals surface area contributed by atoms with Crippen molar-refractivity contribution in [2.45, 2.75) is 26.5 Å². The molecule has 0 fully saturated rings. The van der Waals surface area contributed by atoms with Gasteiger partial charge in [-0.15, -0.1) is 0 Å². The average molecular weight is 505 g/mol. The minimum absolute atomic E-state index is 0.0546. The van der Waals surface area contributed by atoms with Crippen molar-refractivity contribution in [2.24, 2.45) is 4.99 Å². The number of alkyl halides is 2. The molecule has 34 heavy (non-hydrogen) atoms. The fraction of sp³-hybridized carbons (Fsp3) is 0.208. The highest BCUT2D eigenvalue weighted by Gasteiger charge is 2.33. The van der Waals surface area contributed by atoms with E-state index >= 15 is 0 Å². The van der Waals surface area contributed by atoms with E-state index in [1.54, 1.807) is 56.3 Å². The highest BCUT2D eigenvalue weighted by Crippen LogP contribution is 2.31. The first-order valence-corrected chi connectivity index (χ1v) is 11.5. The highest BCUT2D eigenvalue weighted by atomic mass is 35.5. The van der Waals surface area contributed by atoms with E-state index < -0.39 is 24.2 Å². The Hall–Kier alpha value is -3.30. The number of halogens is 3. The number of thiazole rings is 1. The van der Waals surface area contributed by atoms with Crippen LogP contribution in [-0.2, 0) is 9.53 Å². The summed E-state index contributed by atoms with van der Waals surface area (Å²) in [6.07, 6.45) is 1.48. The SMILES string of the molecule is CCOC(=O)C1=C(C)N=c2s/c(=C/c3ccccc3OC(F)F)c(=O)n2[C@@H]1c1ccc(Cl)cc1. The molecule has 6 nitrogen and oxygen atoms in total. The lowest BCUT2D eigenvalue weighted by molar-refractivity contribution is -0.139. The molecular weight excluding hydrogens is 486 g/mol. The predicted octanol–water partition coefficient (Wildman–Crippen LogP) is 4.05. The number of benzene rings is 2. The number of para-hydroxylation sites is 1. The Kier molecular flexibility index (Phi) is 6.95. The first kappa shape index (κ1) is 23.8. The summed E-state index contributed by atoms with van der Waals surface area (Å²) in [6.45, 7) is 0.529. The molecule has 0 saturated carbocycles. The molecule has 1 aliphatic heterocycles. The average Bonchev–Trinajstić information content (AvgIpc) is 3.09. The van der Waals surface area contributed by atoms with Gasteiger partial charge >= 0.3 is 12.6 Å². The van der Waals surface area contributed by atoms with Gasteiger partial charge in [0.15, 0.2) is 4.80 Å². The second kappa shape index (κ2) is 9.90. The number of carbonyl (C=O) groups excluding carboxylic acids is 1. The summed E-state index contributed by atoms with van der Waals surface area (Å²) in [7, 11) is 0. The maximum atomic E-state index is 13.5. The Morgan fingerprint density at radius 1 is 1.24 bits per heavy atom. The van der Waals surface area contributed by atoms with Crippen LogP contribution < -0.4 is 19.6 Å². The van der Waals surface area contributed by atoms with Crippen LogP contribution in [0.5, 0.6) is 5.75 Å². The number of carbonyl (C=O) groups is 1. The molecule has 1 atom stereocenters. The molecule has 0 radical (unpaired) electrons. The van der Waals surface area contributed by atoms with Gasteiger partial charge in [-0.2, -0.15) is 8.78 Å². The van der Waals surface area contributed by atoms with Gasteiger partial charge in [-0.1, -0.05) is 53.3 Å². The van der Waals surface area contributed by atoms with Gasteiger partial charge in [0.2, 0.25) is 0 Å². The standard InChI is InChI=1S/C24H19ClF2N2O4S/c1-3-32-22(31)19-13(2)28-24-29(20(19)14-8-10-16(25)11-9-14)21(30)18(34-24)12-15-6-4-5-7-17(15)33-23(26)27/h4-12,20,23H,3H2,1-2H3/b18-12+/t20-/m1/s1. The number of fused-ring (bicyclic) bond motifs is 1. The number of rotatable bonds is 6. The van der Waals surface area contributed by atoms with Crippen molar-refractivity contribution in [1.29, 1.82) is 0 Å². The molecule has 0 unspecified atom stereocenters. The van der Waals surface area contributed by atoms with Crippen LogP contribution in [0.3, 0.4) is 0 Å². The number of ether oxygens (including phenoxy) is 2. The number of hydrogen-bond acceptors (Lipinski definition) is 6. The molecule has 3 aromatic rings. The van der Waals surface area contributed by atoms with E-state index in [4.69, 9.17) is 16.3 Å². The third-order valence-corrected chi connectivity index (χ3v) is 6.36. The second-order valence-electron chi connectivity index (χ2n) is 7.27. The molecule has 2 heterocycles. The van der Waals surface area contributed by atoms with Crippen LogP contribution in [0, 0.1) is 0 Å². The lowest BCUT2D eigenvalue weighted by Gasteiger charge is -2.24. The van der Waals surface area contributed by atoms with Gasteiger partial charge < -0.3 is 9.47 Å². The first-order valence-electron chi connectivity index (χ1n) is 10.3. The molecule has 0 spiro atoms. The zero-order valence-electron chi connectivity index (χ0n) is 18.1. The molecule has 0 N–H and O–H groups in total. The molecule has 4 rings (SSSR count). The minimum Gasteiger partial charge on any atom is -0.463 e. The van der Waals surface area contributed by atoms with Crippen molar-refractivity contribution >= 4 is 35.0 Å². The van der Waals surface area contributed by atoms with Gasteiger partial charge in [0.25, 0.3) is 5.56 Å².